The number of benzene rings is 1. The summed E-state index contributed by atoms with van der Waals surface area (Å²) < 4.78 is 0. The zero-order chi connectivity index (χ0) is 15.5. The highest BCUT2D eigenvalue weighted by Gasteiger charge is 2.31. The van der Waals surface area contributed by atoms with Crippen molar-refractivity contribution in [1.29, 1.82) is 0 Å². The molecule has 4 nitrogen and oxygen atoms in total. The van der Waals surface area contributed by atoms with Crippen LogP contribution in [0, 0.1) is 0 Å². The second-order valence-electron chi connectivity index (χ2n) is 6.43. The van der Waals surface area contributed by atoms with Gasteiger partial charge >= 0.3 is 0 Å². The van der Waals surface area contributed by atoms with Gasteiger partial charge in [-0.25, -0.2) is 0 Å². The molecule has 4 heteroatoms. The summed E-state index contributed by atoms with van der Waals surface area (Å²) in [6.07, 6.45) is 5.82. The fraction of sp³-hybridized carbons (Fsp3) is 0.556. The molecule has 1 fully saturated rings. The number of carbonyl (C=O) groups is 2. The van der Waals surface area contributed by atoms with Crippen molar-refractivity contribution in [2.24, 2.45) is 0 Å². The van der Waals surface area contributed by atoms with E-state index in [9.17, 15) is 9.59 Å². The molecule has 0 unspecified atom stereocenters. The molecule has 2 amide bonds. The number of rotatable bonds is 3. The van der Waals surface area contributed by atoms with E-state index in [1.54, 1.807) is 6.92 Å². The highest BCUT2D eigenvalue weighted by molar-refractivity contribution is 5.80. The van der Waals surface area contributed by atoms with E-state index in [2.05, 4.69) is 17.4 Å². The van der Waals surface area contributed by atoms with Crippen LogP contribution >= 0.6 is 0 Å². The standard InChI is InChI=1S/C18H24N2O2/c1-13(21)20-11-10-14-6-2-5-9-16(14)17(20)12-18(22)19-15-7-3-4-8-15/h2,5-6,9,15,17H,3-4,7-8,10-12H2,1H3,(H,19,22)/t17-/m1/s1. The Bertz CT molecular complexity index is 564. The summed E-state index contributed by atoms with van der Waals surface area (Å²) >= 11 is 0. The maximum atomic E-state index is 12.4. The fourth-order valence-electron chi connectivity index (χ4n) is 3.78. The minimum absolute atomic E-state index is 0.0492. The zero-order valence-electron chi connectivity index (χ0n) is 13.2. The SMILES string of the molecule is CC(=O)N1CCc2ccccc2[C@H]1CC(=O)NC1CCCC1. The molecule has 2 aliphatic rings. The second kappa shape index (κ2) is 6.51. The van der Waals surface area contributed by atoms with E-state index < -0.39 is 0 Å². The lowest BCUT2D eigenvalue weighted by Gasteiger charge is -2.36. The Kier molecular flexibility index (Phi) is 4.46. The summed E-state index contributed by atoms with van der Waals surface area (Å²) in [5.74, 6) is 0.119. The minimum Gasteiger partial charge on any atom is -0.353 e. The number of hydrogen-bond acceptors (Lipinski definition) is 2. The molecule has 1 atom stereocenters. The number of hydrogen-bond donors (Lipinski definition) is 1. The molecule has 0 aromatic heterocycles. The molecular formula is C18H24N2O2. The number of nitrogens with one attached hydrogen (secondary N) is 1. The summed E-state index contributed by atoms with van der Waals surface area (Å²) in [5.41, 5.74) is 2.39. The van der Waals surface area contributed by atoms with E-state index in [0.717, 1.165) is 24.8 Å². The van der Waals surface area contributed by atoms with Crippen LogP contribution in [-0.4, -0.2) is 29.3 Å². The smallest absolute Gasteiger partial charge is 0.222 e. The molecule has 1 heterocycles. The molecule has 1 saturated carbocycles. The van der Waals surface area contributed by atoms with E-state index in [4.69, 9.17) is 0 Å². The van der Waals surface area contributed by atoms with E-state index in [1.165, 1.54) is 18.4 Å². The molecule has 1 aromatic carbocycles. The van der Waals surface area contributed by atoms with E-state index in [-0.39, 0.29) is 17.9 Å². The van der Waals surface area contributed by atoms with Crippen molar-refractivity contribution in [3.63, 3.8) is 0 Å². The van der Waals surface area contributed by atoms with Gasteiger partial charge in [-0.15, -0.1) is 0 Å². The fourth-order valence-corrected chi connectivity index (χ4v) is 3.78. The number of fused-ring (bicyclic) bond motifs is 1. The predicted molar refractivity (Wildman–Crippen MR) is 85.3 cm³/mol. The first-order valence-corrected chi connectivity index (χ1v) is 8.29. The van der Waals surface area contributed by atoms with Crippen molar-refractivity contribution in [2.45, 2.75) is 57.5 Å². The van der Waals surface area contributed by atoms with Crippen LogP contribution in [0.4, 0.5) is 0 Å². The topological polar surface area (TPSA) is 49.4 Å². The van der Waals surface area contributed by atoms with Gasteiger partial charge in [0, 0.05) is 19.5 Å². The lowest BCUT2D eigenvalue weighted by molar-refractivity contribution is -0.133. The van der Waals surface area contributed by atoms with Gasteiger partial charge in [0.15, 0.2) is 0 Å². The first-order valence-electron chi connectivity index (χ1n) is 8.29. The second-order valence-corrected chi connectivity index (χ2v) is 6.43. The van der Waals surface area contributed by atoms with E-state index in [0.29, 0.717) is 19.0 Å². The van der Waals surface area contributed by atoms with Gasteiger partial charge in [0.05, 0.1) is 12.5 Å². The van der Waals surface area contributed by atoms with Crippen LogP contribution in [0.15, 0.2) is 24.3 Å². The molecule has 0 spiro atoms. The quantitative estimate of drug-likeness (QED) is 0.932. The Labute approximate surface area is 131 Å². The Morgan fingerprint density at radius 3 is 2.68 bits per heavy atom. The Balaban J connectivity index is 1.75. The first-order chi connectivity index (χ1) is 10.6. The van der Waals surface area contributed by atoms with Gasteiger partial charge in [0.25, 0.3) is 0 Å². The maximum absolute atomic E-state index is 12.4. The van der Waals surface area contributed by atoms with Crippen LogP contribution in [0.25, 0.3) is 0 Å². The van der Waals surface area contributed by atoms with E-state index in [1.807, 2.05) is 17.0 Å². The summed E-state index contributed by atoms with van der Waals surface area (Å²) in [6.45, 7) is 2.30. The van der Waals surface area contributed by atoms with Crippen LogP contribution < -0.4 is 5.32 Å². The number of nitrogens with zero attached hydrogens (tertiary/aromatic N) is 1. The van der Waals surface area contributed by atoms with Crippen molar-refractivity contribution in [3.8, 4) is 0 Å². The minimum atomic E-state index is -0.121. The molecule has 1 aliphatic carbocycles. The average molecular weight is 300 g/mol. The van der Waals surface area contributed by atoms with E-state index >= 15 is 0 Å². The molecule has 1 aliphatic heterocycles. The lowest BCUT2D eigenvalue weighted by atomic mass is 9.90. The van der Waals surface area contributed by atoms with Gasteiger partial charge in [-0.1, -0.05) is 37.1 Å². The molecule has 1 aromatic rings. The van der Waals surface area contributed by atoms with Crippen LogP contribution in [-0.2, 0) is 16.0 Å². The molecule has 22 heavy (non-hydrogen) atoms. The predicted octanol–water partition coefficient (Wildman–Crippen LogP) is 2.58. The summed E-state index contributed by atoms with van der Waals surface area (Å²) in [6, 6.07) is 8.38. The maximum Gasteiger partial charge on any atom is 0.222 e. The van der Waals surface area contributed by atoms with Crippen molar-refractivity contribution >= 4 is 11.8 Å². The van der Waals surface area contributed by atoms with Gasteiger partial charge in [-0.2, -0.15) is 0 Å². The average Bonchev–Trinajstić information content (AvgIpc) is 3.00. The van der Waals surface area contributed by atoms with Crippen LogP contribution in [0.5, 0.6) is 0 Å². The third-order valence-electron chi connectivity index (χ3n) is 4.92. The third-order valence-corrected chi connectivity index (χ3v) is 4.92. The Morgan fingerprint density at radius 2 is 1.95 bits per heavy atom. The summed E-state index contributed by atoms with van der Waals surface area (Å²) in [7, 11) is 0. The largest absolute Gasteiger partial charge is 0.353 e. The van der Waals surface area contributed by atoms with Gasteiger partial charge < -0.3 is 10.2 Å². The summed E-state index contributed by atoms with van der Waals surface area (Å²) in [4.78, 5) is 26.2. The number of amides is 2. The third kappa shape index (κ3) is 3.16. The highest BCUT2D eigenvalue weighted by atomic mass is 16.2. The van der Waals surface area contributed by atoms with Crippen molar-refractivity contribution in [2.75, 3.05) is 6.54 Å². The van der Waals surface area contributed by atoms with Gasteiger partial charge in [0.2, 0.25) is 11.8 Å². The van der Waals surface area contributed by atoms with Crippen molar-refractivity contribution in [1.82, 2.24) is 10.2 Å². The van der Waals surface area contributed by atoms with Crippen molar-refractivity contribution < 1.29 is 9.59 Å². The Morgan fingerprint density at radius 1 is 1.23 bits per heavy atom. The molecule has 0 saturated heterocycles. The van der Waals surface area contributed by atoms with Crippen LogP contribution in [0.2, 0.25) is 0 Å². The molecule has 0 radical (unpaired) electrons. The molecular weight excluding hydrogens is 276 g/mol. The monoisotopic (exact) mass is 300 g/mol. The van der Waals surface area contributed by atoms with Gasteiger partial charge in [-0.05, 0) is 30.4 Å². The molecule has 118 valence electrons. The van der Waals surface area contributed by atoms with Crippen LogP contribution in [0.1, 0.15) is 56.2 Å². The van der Waals surface area contributed by atoms with Crippen molar-refractivity contribution in [3.05, 3.63) is 35.4 Å². The Hall–Kier alpha value is -1.84. The number of carbonyl (C=O) groups excluding carboxylic acids is 2. The zero-order valence-corrected chi connectivity index (χ0v) is 13.2. The van der Waals surface area contributed by atoms with Crippen LogP contribution in [0.3, 0.4) is 0 Å². The van der Waals surface area contributed by atoms with Gasteiger partial charge in [-0.3, -0.25) is 9.59 Å². The lowest BCUT2D eigenvalue weighted by Crippen LogP contribution is -2.42. The molecule has 1 N–H and O–H groups in total. The molecule has 3 rings (SSSR count). The summed E-state index contributed by atoms with van der Waals surface area (Å²) in [5, 5.41) is 3.14. The molecule has 0 bridgehead atoms. The highest BCUT2D eigenvalue weighted by Crippen LogP contribution is 2.32. The normalized spacial score (nSPS) is 21.5. The first kappa shape index (κ1) is 15.1. The van der Waals surface area contributed by atoms with Gasteiger partial charge in [0.1, 0.15) is 0 Å².